The molecule has 3 saturated heterocycles. The first-order chi connectivity index (χ1) is 12.8. The third kappa shape index (κ3) is 2.83. The first-order valence-corrected chi connectivity index (χ1v) is 9.67. The minimum Gasteiger partial charge on any atom is -0.384 e. The number of carbonyl (C=O) groups is 2. The molecule has 0 radical (unpaired) electrons. The number of hydrogen-bond donors (Lipinski definition) is 2. The molecule has 1 aromatic heterocycles. The Morgan fingerprint density at radius 3 is 2.33 bits per heavy atom. The number of fused-ring (bicyclic) bond motifs is 4. The van der Waals surface area contributed by atoms with Gasteiger partial charge in [-0.25, -0.2) is 0 Å². The van der Waals surface area contributed by atoms with Gasteiger partial charge >= 0.3 is 0 Å². The number of rotatable bonds is 2. The average molecular weight is 369 g/mol. The smallest absolute Gasteiger partial charge is 0.270 e. The zero-order chi connectivity index (χ0) is 19.5. The first-order valence-electron chi connectivity index (χ1n) is 9.67. The highest BCUT2D eigenvalue weighted by molar-refractivity contribution is 6.02. The molecule has 27 heavy (non-hydrogen) atoms. The Morgan fingerprint density at radius 1 is 1.11 bits per heavy atom. The van der Waals surface area contributed by atoms with Crippen LogP contribution in [0.1, 0.15) is 46.9 Å². The number of nitrogens with one attached hydrogen (secondary N) is 1. The molecule has 2 N–H and O–H groups in total. The minimum absolute atomic E-state index is 0.00489. The summed E-state index contributed by atoms with van der Waals surface area (Å²) in [5, 5.41) is 10.8. The van der Waals surface area contributed by atoms with E-state index >= 15 is 0 Å². The van der Waals surface area contributed by atoms with Crippen molar-refractivity contribution in [1.29, 1.82) is 0 Å². The number of aliphatic hydroxyl groups is 1. The van der Waals surface area contributed by atoms with Crippen LogP contribution < -0.4 is 0 Å². The predicted molar refractivity (Wildman–Crippen MR) is 104 cm³/mol. The maximum absolute atomic E-state index is 13.3. The van der Waals surface area contributed by atoms with E-state index in [1.54, 1.807) is 4.90 Å². The second-order valence-electron chi connectivity index (χ2n) is 8.14. The lowest BCUT2D eigenvalue weighted by Crippen LogP contribution is -2.66. The van der Waals surface area contributed by atoms with E-state index in [0.717, 1.165) is 29.3 Å². The summed E-state index contributed by atoms with van der Waals surface area (Å²) in [6, 6.07) is 4.23. The van der Waals surface area contributed by atoms with E-state index in [4.69, 9.17) is 0 Å². The Balaban J connectivity index is 1.63. The van der Waals surface area contributed by atoms with E-state index < -0.39 is 6.10 Å². The van der Waals surface area contributed by atoms with Crippen molar-refractivity contribution >= 4 is 22.7 Å². The molecule has 3 atom stereocenters. The highest BCUT2D eigenvalue weighted by atomic mass is 16.3. The predicted octanol–water partition coefficient (Wildman–Crippen LogP) is 2.29. The number of amides is 2. The Bertz CT molecular complexity index is 930. The van der Waals surface area contributed by atoms with Crippen LogP contribution in [-0.2, 0) is 4.79 Å². The fourth-order valence-electron chi connectivity index (χ4n) is 4.86. The number of hydrogen-bond acceptors (Lipinski definition) is 3. The average Bonchev–Trinajstić information content (AvgIpc) is 2.97. The van der Waals surface area contributed by atoms with E-state index in [-0.39, 0.29) is 23.9 Å². The normalized spacial score (nSPS) is 23.1. The number of nitrogens with zero attached hydrogens (tertiary/aromatic N) is 2. The van der Waals surface area contributed by atoms with Crippen molar-refractivity contribution in [2.75, 3.05) is 13.1 Å². The number of piperazine rings is 1. The Labute approximate surface area is 159 Å². The molecule has 3 unspecified atom stereocenters. The van der Waals surface area contributed by atoms with Crippen molar-refractivity contribution in [3.8, 4) is 0 Å². The summed E-state index contributed by atoms with van der Waals surface area (Å²) in [6.07, 6.45) is 0.796. The lowest BCUT2D eigenvalue weighted by molar-refractivity contribution is -0.148. The zero-order valence-electron chi connectivity index (χ0n) is 16.4. The number of aryl methyl sites for hydroxylation is 3. The number of benzene rings is 1. The van der Waals surface area contributed by atoms with Gasteiger partial charge in [0.1, 0.15) is 11.8 Å². The van der Waals surface area contributed by atoms with Gasteiger partial charge in [0.15, 0.2) is 0 Å². The zero-order valence-corrected chi connectivity index (χ0v) is 16.4. The van der Waals surface area contributed by atoms with Gasteiger partial charge in [-0.3, -0.25) is 9.59 Å². The number of aromatic nitrogens is 1. The Kier molecular flexibility index (Phi) is 4.26. The largest absolute Gasteiger partial charge is 0.384 e. The van der Waals surface area contributed by atoms with Crippen molar-refractivity contribution in [3.05, 3.63) is 34.5 Å². The maximum Gasteiger partial charge on any atom is 0.270 e. The highest BCUT2D eigenvalue weighted by Crippen LogP contribution is 2.33. The van der Waals surface area contributed by atoms with Gasteiger partial charge in [-0.2, -0.15) is 0 Å². The summed E-state index contributed by atoms with van der Waals surface area (Å²) in [5.41, 5.74) is 4.99. The topological polar surface area (TPSA) is 76.6 Å². The summed E-state index contributed by atoms with van der Waals surface area (Å²) in [6.45, 7) is 8.69. The number of H-pyrrole nitrogens is 1. The van der Waals surface area contributed by atoms with Crippen molar-refractivity contribution in [1.82, 2.24) is 14.8 Å². The summed E-state index contributed by atoms with van der Waals surface area (Å²) in [5.74, 6) is -0.218. The van der Waals surface area contributed by atoms with Gasteiger partial charge < -0.3 is 19.9 Å². The SMILES string of the molecule is Cc1cc(C)c2c(C)c(C(=O)N3CC4CCC3CN4C(=O)C(C)O)[nH]c2c1. The van der Waals surface area contributed by atoms with Crippen LogP contribution in [0.3, 0.4) is 0 Å². The van der Waals surface area contributed by atoms with E-state index in [9.17, 15) is 14.7 Å². The van der Waals surface area contributed by atoms with Crippen LogP contribution in [0.5, 0.6) is 0 Å². The fraction of sp³-hybridized carbons (Fsp3) is 0.524. The van der Waals surface area contributed by atoms with Crippen LogP contribution >= 0.6 is 0 Å². The van der Waals surface area contributed by atoms with Gasteiger partial charge in [0.2, 0.25) is 0 Å². The molecule has 2 amide bonds. The Hall–Kier alpha value is -2.34. The standard InChI is InChI=1S/C21H27N3O3/c1-11-7-12(2)18-13(3)19(22-17(18)8-11)21(27)24-10-15-5-6-16(24)9-23(15)20(26)14(4)25/h7-8,14-16,22,25H,5-6,9-10H2,1-4H3. The number of aliphatic hydroxyl groups excluding tert-OH is 1. The van der Waals surface area contributed by atoms with E-state index in [1.165, 1.54) is 18.1 Å². The molecule has 2 bridgehead atoms. The van der Waals surface area contributed by atoms with Crippen LogP contribution in [0.4, 0.5) is 0 Å². The minimum atomic E-state index is -0.990. The third-order valence-corrected chi connectivity index (χ3v) is 6.13. The van der Waals surface area contributed by atoms with Crippen molar-refractivity contribution in [3.63, 3.8) is 0 Å². The molecule has 0 aliphatic carbocycles. The summed E-state index contributed by atoms with van der Waals surface area (Å²) in [7, 11) is 0. The molecular formula is C21H27N3O3. The van der Waals surface area contributed by atoms with Gasteiger partial charge in [0, 0.05) is 36.1 Å². The molecule has 0 saturated carbocycles. The summed E-state index contributed by atoms with van der Waals surface area (Å²) < 4.78 is 0. The summed E-state index contributed by atoms with van der Waals surface area (Å²) >= 11 is 0. The lowest BCUT2D eigenvalue weighted by Gasteiger charge is -2.51. The first kappa shape index (κ1) is 18.0. The molecule has 4 heterocycles. The second-order valence-corrected chi connectivity index (χ2v) is 8.14. The van der Waals surface area contributed by atoms with Crippen LogP contribution in [-0.4, -0.2) is 63.0 Å². The number of carbonyl (C=O) groups excluding carboxylic acids is 2. The molecule has 5 rings (SSSR count). The van der Waals surface area contributed by atoms with Crippen molar-refractivity contribution < 1.29 is 14.7 Å². The van der Waals surface area contributed by atoms with E-state index in [2.05, 4.69) is 31.0 Å². The molecule has 6 nitrogen and oxygen atoms in total. The molecule has 3 aliphatic heterocycles. The van der Waals surface area contributed by atoms with Gasteiger partial charge in [-0.15, -0.1) is 0 Å². The maximum atomic E-state index is 13.3. The molecule has 144 valence electrons. The lowest BCUT2D eigenvalue weighted by atomic mass is 9.90. The molecule has 2 aromatic rings. The number of aromatic amines is 1. The molecule has 6 heteroatoms. The van der Waals surface area contributed by atoms with E-state index in [1.807, 2.05) is 11.8 Å². The van der Waals surface area contributed by atoms with Gasteiger partial charge in [-0.1, -0.05) is 6.07 Å². The second kappa shape index (κ2) is 6.37. The van der Waals surface area contributed by atoms with Crippen LogP contribution in [0.25, 0.3) is 10.9 Å². The summed E-state index contributed by atoms with van der Waals surface area (Å²) in [4.78, 5) is 32.6. The Morgan fingerprint density at radius 2 is 1.74 bits per heavy atom. The van der Waals surface area contributed by atoms with Crippen LogP contribution in [0, 0.1) is 20.8 Å². The molecule has 3 fully saturated rings. The van der Waals surface area contributed by atoms with Gasteiger partial charge in [0.05, 0.1) is 0 Å². The fourth-order valence-corrected chi connectivity index (χ4v) is 4.86. The van der Waals surface area contributed by atoms with Crippen molar-refractivity contribution in [2.24, 2.45) is 0 Å². The van der Waals surface area contributed by atoms with Crippen molar-refractivity contribution in [2.45, 2.75) is 58.7 Å². The monoisotopic (exact) mass is 369 g/mol. The van der Waals surface area contributed by atoms with Gasteiger partial charge in [0.25, 0.3) is 11.8 Å². The van der Waals surface area contributed by atoms with E-state index in [0.29, 0.717) is 18.8 Å². The number of piperidine rings is 2. The third-order valence-electron chi connectivity index (χ3n) is 6.13. The highest BCUT2D eigenvalue weighted by Gasteiger charge is 2.44. The molecule has 3 aliphatic rings. The quantitative estimate of drug-likeness (QED) is 0.853. The van der Waals surface area contributed by atoms with Crippen LogP contribution in [0.15, 0.2) is 12.1 Å². The van der Waals surface area contributed by atoms with Crippen LogP contribution in [0.2, 0.25) is 0 Å². The molecule has 1 aromatic carbocycles. The molecule has 0 spiro atoms. The van der Waals surface area contributed by atoms with Gasteiger partial charge in [-0.05, 0) is 63.3 Å². The molecular weight excluding hydrogens is 342 g/mol.